The van der Waals surface area contributed by atoms with Crippen molar-refractivity contribution in [1.82, 2.24) is 19.3 Å². The maximum Gasteiger partial charge on any atom is 0.338 e. The van der Waals surface area contributed by atoms with E-state index in [1.165, 1.54) is 14.2 Å². The maximum absolute atomic E-state index is 13.2. The minimum atomic E-state index is -0.491. The number of benzene rings is 2. The highest BCUT2D eigenvalue weighted by atomic mass is 16.5. The molecule has 1 amide bonds. The molecule has 0 fully saturated rings. The lowest BCUT2D eigenvalue weighted by Crippen LogP contribution is -2.20. The summed E-state index contributed by atoms with van der Waals surface area (Å²) >= 11 is 0. The molecule has 0 radical (unpaired) electrons. The minimum Gasteiger partial charge on any atom is -0.494 e. The molecular formula is C29H36N8O4. The summed E-state index contributed by atoms with van der Waals surface area (Å²) in [6, 6.07) is 10.6. The van der Waals surface area contributed by atoms with Crippen LogP contribution in [0.2, 0.25) is 0 Å². The van der Waals surface area contributed by atoms with Crippen molar-refractivity contribution >= 4 is 45.9 Å². The number of nitrogens with one attached hydrogen (secondary N) is 2. The summed E-state index contributed by atoms with van der Waals surface area (Å²) in [5.41, 5.74) is 17.4. The SMILES string of the molecule is C=C(N)c1ccc2c(c1)nc(NC(=O)c1cc(C)nn1CC)n2CCCCNc1c(N)cc(C(=O)OC)cc1OC. The lowest BCUT2D eigenvalue weighted by molar-refractivity contribution is 0.0600. The molecule has 0 saturated heterocycles. The van der Waals surface area contributed by atoms with Crippen LogP contribution in [-0.4, -0.2) is 52.0 Å². The van der Waals surface area contributed by atoms with Gasteiger partial charge >= 0.3 is 5.97 Å². The van der Waals surface area contributed by atoms with E-state index >= 15 is 0 Å². The van der Waals surface area contributed by atoms with Gasteiger partial charge in [-0.25, -0.2) is 9.78 Å². The second kappa shape index (κ2) is 12.5. The van der Waals surface area contributed by atoms with Gasteiger partial charge in [-0.2, -0.15) is 5.10 Å². The highest BCUT2D eigenvalue weighted by Gasteiger charge is 2.19. The number of amides is 1. The van der Waals surface area contributed by atoms with Crippen molar-refractivity contribution in [2.24, 2.45) is 5.73 Å². The molecule has 2 heterocycles. The highest BCUT2D eigenvalue weighted by molar-refractivity contribution is 6.03. The Morgan fingerprint density at radius 2 is 1.88 bits per heavy atom. The number of hydrogen-bond acceptors (Lipinski definition) is 9. The Bertz CT molecular complexity index is 1600. The zero-order chi connectivity index (χ0) is 29.7. The molecule has 4 rings (SSSR count). The van der Waals surface area contributed by atoms with Crippen molar-refractivity contribution in [3.8, 4) is 5.75 Å². The van der Waals surface area contributed by atoms with E-state index in [0.29, 0.717) is 65.2 Å². The number of imidazole rings is 1. The Morgan fingerprint density at radius 3 is 2.56 bits per heavy atom. The van der Waals surface area contributed by atoms with Crippen LogP contribution in [0.3, 0.4) is 0 Å². The van der Waals surface area contributed by atoms with E-state index in [2.05, 4.69) is 22.3 Å². The Hall–Kier alpha value is -5.00. The summed E-state index contributed by atoms with van der Waals surface area (Å²) in [6.07, 6.45) is 1.54. The first kappa shape index (κ1) is 29.0. The summed E-state index contributed by atoms with van der Waals surface area (Å²) in [7, 11) is 2.83. The first-order valence-electron chi connectivity index (χ1n) is 13.3. The number of nitrogens with zero attached hydrogens (tertiary/aromatic N) is 4. The maximum atomic E-state index is 13.2. The summed E-state index contributed by atoms with van der Waals surface area (Å²) < 4.78 is 13.9. The van der Waals surface area contributed by atoms with Gasteiger partial charge in [-0.3, -0.25) is 14.8 Å². The summed E-state index contributed by atoms with van der Waals surface area (Å²) in [4.78, 5) is 29.8. The third-order valence-electron chi connectivity index (χ3n) is 6.66. The largest absolute Gasteiger partial charge is 0.494 e. The molecule has 0 aliphatic rings. The van der Waals surface area contributed by atoms with Crippen LogP contribution in [0.5, 0.6) is 5.75 Å². The number of anilines is 3. The predicted molar refractivity (Wildman–Crippen MR) is 160 cm³/mol. The van der Waals surface area contributed by atoms with Gasteiger partial charge in [0.25, 0.3) is 5.91 Å². The van der Waals surface area contributed by atoms with Crippen molar-refractivity contribution in [1.29, 1.82) is 0 Å². The van der Waals surface area contributed by atoms with E-state index in [1.54, 1.807) is 22.9 Å². The van der Waals surface area contributed by atoms with Crippen LogP contribution in [0.25, 0.3) is 16.7 Å². The first-order valence-corrected chi connectivity index (χ1v) is 13.3. The van der Waals surface area contributed by atoms with E-state index in [9.17, 15) is 9.59 Å². The van der Waals surface area contributed by atoms with Crippen molar-refractivity contribution in [3.05, 3.63) is 65.5 Å². The molecule has 0 atom stereocenters. The Labute approximate surface area is 238 Å². The second-order valence-corrected chi connectivity index (χ2v) is 9.52. The van der Waals surface area contributed by atoms with Gasteiger partial charge in [-0.1, -0.05) is 12.6 Å². The Balaban J connectivity index is 1.50. The van der Waals surface area contributed by atoms with E-state index in [4.69, 9.17) is 25.9 Å². The number of esters is 1. The average Bonchev–Trinajstić information content (AvgIpc) is 3.51. The number of unbranched alkanes of at least 4 members (excludes halogenated alkanes) is 1. The number of nitrogen functional groups attached to an aromatic ring is 1. The number of fused-ring (bicyclic) bond motifs is 1. The summed E-state index contributed by atoms with van der Waals surface area (Å²) in [5, 5.41) is 10.7. The third-order valence-corrected chi connectivity index (χ3v) is 6.66. The number of aryl methyl sites for hydroxylation is 3. The fraction of sp³-hybridized carbons (Fsp3) is 0.310. The van der Waals surface area contributed by atoms with Crippen molar-refractivity contribution in [2.75, 3.05) is 37.1 Å². The number of ether oxygens (including phenoxy) is 2. The minimum absolute atomic E-state index is 0.285. The van der Waals surface area contributed by atoms with Gasteiger partial charge in [0.15, 0.2) is 0 Å². The molecule has 0 saturated carbocycles. The van der Waals surface area contributed by atoms with Gasteiger partial charge in [0.1, 0.15) is 17.1 Å². The van der Waals surface area contributed by atoms with Gasteiger partial charge in [0.2, 0.25) is 5.95 Å². The zero-order valence-corrected chi connectivity index (χ0v) is 23.8. The van der Waals surface area contributed by atoms with Crippen molar-refractivity contribution in [3.63, 3.8) is 0 Å². The lowest BCUT2D eigenvalue weighted by Gasteiger charge is -2.15. The molecule has 216 valence electrons. The van der Waals surface area contributed by atoms with Crippen LogP contribution in [0.15, 0.2) is 43.0 Å². The number of rotatable bonds is 12. The Kier molecular flexibility index (Phi) is 8.81. The number of carbonyl (C=O) groups excluding carboxylic acids is 2. The summed E-state index contributed by atoms with van der Waals surface area (Å²) in [6.45, 7) is 9.37. The molecule has 41 heavy (non-hydrogen) atoms. The molecular weight excluding hydrogens is 524 g/mol. The van der Waals surface area contributed by atoms with Crippen LogP contribution in [0.4, 0.5) is 17.3 Å². The van der Waals surface area contributed by atoms with E-state index in [0.717, 1.165) is 29.6 Å². The quantitative estimate of drug-likeness (QED) is 0.114. The Morgan fingerprint density at radius 1 is 1.10 bits per heavy atom. The molecule has 0 bridgehead atoms. The molecule has 6 N–H and O–H groups in total. The number of carbonyl (C=O) groups is 2. The zero-order valence-electron chi connectivity index (χ0n) is 23.8. The first-order chi connectivity index (χ1) is 19.7. The molecule has 2 aromatic heterocycles. The number of methoxy groups -OCH3 is 2. The van der Waals surface area contributed by atoms with Crippen LogP contribution < -0.4 is 26.8 Å². The number of aromatic nitrogens is 4. The molecule has 0 unspecified atom stereocenters. The van der Waals surface area contributed by atoms with Crippen molar-refractivity contribution in [2.45, 2.75) is 39.8 Å². The fourth-order valence-corrected chi connectivity index (χ4v) is 4.62. The van der Waals surface area contributed by atoms with Crippen molar-refractivity contribution < 1.29 is 19.1 Å². The smallest absolute Gasteiger partial charge is 0.338 e. The van der Waals surface area contributed by atoms with Crippen LogP contribution in [0, 0.1) is 6.92 Å². The van der Waals surface area contributed by atoms with Gasteiger partial charge in [-0.05, 0) is 62.6 Å². The molecule has 0 aliphatic carbocycles. The third kappa shape index (κ3) is 6.26. The van der Waals surface area contributed by atoms with Gasteiger partial charge < -0.3 is 30.8 Å². The summed E-state index contributed by atoms with van der Waals surface area (Å²) in [5.74, 6) is 0.111. The van der Waals surface area contributed by atoms with Crippen LogP contribution in [0.1, 0.15) is 51.9 Å². The standard InChI is InChI=1S/C29H36N8O4/c1-6-37-24(13-17(2)35-37)27(38)34-29-33-22-15-19(18(3)30)9-10-23(22)36(29)12-8-7-11-32-26-21(31)14-20(28(39)41-5)16-25(26)40-4/h9-10,13-16,32H,3,6-8,11-12,30-31H2,1-2,4-5H3,(H,33,34,38). The molecule has 4 aromatic rings. The molecule has 0 aliphatic heterocycles. The molecule has 2 aromatic carbocycles. The lowest BCUT2D eigenvalue weighted by atomic mass is 10.1. The molecule has 12 nitrogen and oxygen atoms in total. The van der Waals surface area contributed by atoms with Crippen LogP contribution >= 0.6 is 0 Å². The normalized spacial score (nSPS) is 10.9. The predicted octanol–water partition coefficient (Wildman–Crippen LogP) is 4.01. The van der Waals surface area contributed by atoms with E-state index in [-0.39, 0.29) is 5.91 Å². The van der Waals surface area contributed by atoms with Gasteiger partial charge in [0, 0.05) is 25.3 Å². The van der Waals surface area contributed by atoms with Gasteiger partial charge in [0.05, 0.1) is 42.2 Å². The second-order valence-electron chi connectivity index (χ2n) is 9.52. The van der Waals surface area contributed by atoms with E-state index < -0.39 is 5.97 Å². The van der Waals surface area contributed by atoms with E-state index in [1.807, 2.05) is 36.6 Å². The molecule has 12 heteroatoms. The number of nitrogens with two attached hydrogens (primary N) is 2. The average molecular weight is 561 g/mol. The fourth-order valence-electron chi connectivity index (χ4n) is 4.62. The molecule has 0 spiro atoms. The highest BCUT2D eigenvalue weighted by Crippen LogP contribution is 2.33. The monoisotopic (exact) mass is 560 g/mol. The topological polar surface area (TPSA) is 164 Å². The van der Waals surface area contributed by atoms with Crippen LogP contribution in [-0.2, 0) is 17.8 Å². The van der Waals surface area contributed by atoms with Gasteiger partial charge in [-0.15, -0.1) is 0 Å². The number of hydrogen-bond donors (Lipinski definition) is 4.